The zero-order chi connectivity index (χ0) is 10.1. The fourth-order valence-corrected chi connectivity index (χ4v) is 1.53. The second-order valence-corrected chi connectivity index (χ2v) is 3.40. The third-order valence-corrected chi connectivity index (χ3v) is 2.31. The lowest BCUT2D eigenvalue weighted by Crippen LogP contribution is -2.14. The zero-order valence-corrected chi connectivity index (χ0v) is 8.03. The maximum atomic E-state index is 8.89. The minimum Gasteiger partial charge on any atom is -0.442 e. The van der Waals surface area contributed by atoms with Crippen molar-refractivity contribution in [1.29, 1.82) is 0 Å². The standard InChI is InChI=1S/C9H9ClN2O2/c10-6-1-5(7(11)3-13)2-8-9(6)14-4-12-8/h1-2,4,7,13H,3,11H2. The quantitative estimate of drug-likeness (QED) is 0.791. The summed E-state index contributed by atoms with van der Waals surface area (Å²) in [6.45, 7) is -0.125. The molecule has 0 bridgehead atoms. The smallest absolute Gasteiger partial charge is 0.182 e. The van der Waals surface area contributed by atoms with Crippen LogP contribution in [0.5, 0.6) is 0 Å². The van der Waals surface area contributed by atoms with Gasteiger partial charge in [-0.2, -0.15) is 0 Å². The molecule has 2 rings (SSSR count). The first-order valence-corrected chi connectivity index (χ1v) is 4.49. The molecule has 3 N–H and O–H groups in total. The van der Waals surface area contributed by atoms with Crippen molar-refractivity contribution in [3.8, 4) is 0 Å². The van der Waals surface area contributed by atoms with Crippen LogP contribution in [-0.2, 0) is 0 Å². The molecule has 0 fully saturated rings. The Bertz CT molecular complexity index is 455. The summed E-state index contributed by atoms with van der Waals surface area (Å²) in [5, 5.41) is 9.35. The summed E-state index contributed by atoms with van der Waals surface area (Å²) in [5.41, 5.74) is 7.60. The minimum absolute atomic E-state index is 0.125. The number of rotatable bonds is 2. The number of aliphatic hydroxyl groups is 1. The number of aliphatic hydroxyl groups excluding tert-OH is 1. The van der Waals surface area contributed by atoms with E-state index in [2.05, 4.69) is 4.98 Å². The van der Waals surface area contributed by atoms with Crippen molar-refractivity contribution in [3.05, 3.63) is 29.1 Å². The van der Waals surface area contributed by atoms with Crippen molar-refractivity contribution in [1.82, 2.24) is 4.98 Å². The highest BCUT2D eigenvalue weighted by Gasteiger charge is 2.10. The molecule has 0 radical (unpaired) electrons. The molecule has 1 atom stereocenters. The topological polar surface area (TPSA) is 72.3 Å². The SMILES string of the molecule is NC(CO)c1cc(Cl)c2ocnc2c1. The lowest BCUT2D eigenvalue weighted by molar-refractivity contribution is 0.268. The van der Waals surface area contributed by atoms with Crippen LogP contribution >= 0.6 is 11.6 Å². The lowest BCUT2D eigenvalue weighted by atomic mass is 10.1. The van der Waals surface area contributed by atoms with Gasteiger partial charge in [0.25, 0.3) is 0 Å². The van der Waals surface area contributed by atoms with Gasteiger partial charge in [0.2, 0.25) is 0 Å². The molecular formula is C9H9ClN2O2. The molecule has 0 aliphatic rings. The first-order chi connectivity index (χ1) is 6.72. The molecule has 0 saturated heterocycles. The molecule has 1 heterocycles. The number of nitrogens with zero attached hydrogens (tertiary/aromatic N) is 1. The molecule has 5 heteroatoms. The summed E-state index contributed by atoms with van der Waals surface area (Å²) in [5.74, 6) is 0. The Morgan fingerprint density at radius 3 is 3.07 bits per heavy atom. The van der Waals surface area contributed by atoms with E-state index < -0.39 is 6.04 Å². The predicted octanol–water partition coefficient (Wildman–Crippen LogP) is 1.47. The molecule has 0 spiro atoms. The first kappa shape index (κ1) is 9.45. The van der Waals surface area contributed by atoms with Crippen molar-refractivity contribution >= 4 is 22.7 Å². The van der Waals surface area contributed by atoms with Gasteiger partial charge in [-0.3, -0.25) is 0 Å². The van der Waals surface area contributed by atoms with Gasteiger partial charge in [0, 0.05) is 0 Å². The number of hydrogen-bond acceptors (Lipinski definition) is 4. The Labute approximate surface area is 85.3 Å². The van der Waals surface area contributed by atoms with E-state index in [4.69, 9.17) is 26.9 Å². The van der Waals surface area contributed by atoms with E-state index in [1.54, 1.807) is 12.1 Å². The Morgan fingerprint density at radius 1 is 1.57 bits per heavy atom. The van der Waals surface area contributed by atoms with Crippen LogP contribution in [-0.4, -0.2) is 16.7 Å². The Balaban J connectivity index is 2.58. The highest BCUT2D eigenvalue weighted by atomic mass is 35.5. The van der Waals surface area contributed by atoms with Crippen molar-refractivity contribution in [2.45, 2.75) is 6.04 Å². The Morgan fingerprint density at radius 2 is 2.36 bits per heavy atom. The maximum absolute atomic E-state index is 8.89. The predicted molar refractivity (Wildman–Crippen MR) is 53.0 cm³/mol. The highest BCUT2D eigenvalue weighted by Crippen LogP contribution is 2.26. The fourth-order valence-electron chi connectivity index (χ4n) is 1.27. The molecule has 74 valence electrons. The van der Waals surface area contributed by atoms with Crippen LogP contribution in [0, 0.1) is 0 Å². The van der Waals surface area contributed by atoms with Crippen LogP contribution in [0.15, 0.2) is 22.9 Å². The average molecular weight is 213 g/mol. The summed E-state index contributed by atoms with van der Waals surface area (Å²) >= 11 is 5.93. The maximum Gasteiger partial charge on any atom is 0.182 e. The fraction of sp³-hybridized carbons (Fsp3) is 0.222. The van der Waals surface area contributed by atoms with Crippen molar-refractivity contribution in [2.75, 3.05) is 6.61 Å². The van der Waals surface area contributed by atoms with E-state index in [-0.39, 0.29) is 6.61 Å². The van der Waals surface area contributed by atoms with Gasteiger partial charge in [0.1, 0.15) is 5.52 Å². The summed E-state index contributed by atoms with van der Waals surface area (Å²) in [7, 11) is 0. The Kier molecular flexibility index (Phi) is 2.41. The summed E-state index contributed by atoms with van der Waals surface area (Å²) in [6, 6.07) is 3.00. The van der Waals surface area contributed by atoms with Crippen LogP contribution in [0.25, 0.3) is 11.1 Å². The molecule has 4 nitrogen and oxygen atoms in total. The second-order valence-electron chi connectivity index (χ2n) is 2.99. The van der Waals surface area contributed by atoms with E-state index in [0.29, 0.717) is 16.1 Å². The van der Waals surface area contributed by atoms with Gasteiger partial charge < -0.3 is 15.3 Å². The van der Waals surface area contributed by atoms with E-state index >= 15 is 0 Å². The number of fused-ring (bicyclic) bond motifs is 1. The molecule has 14 heavy (non-hydrogen) atoms. The van der Waals surface area contributed by atoms with Crippen LogP contribution in [0.3, 0.4) is 0 Å². The van der Waals surface area contributed by atoms with Crippen molar-refractivity contribution in [2.24, 2.45) is 5.73 Å². The summed E-state index contributed by atoms with van der Waals surface area (Å²) < 4.78 is 5.07. The van der Waals surface area contributed by atoms with E-state index in [1.807, 2.05) is 0 Å². The van der Waals surface area contributed by atoms with Crippen molar-refractivity contribution in [3.63, 3.8) is 0 Å². The molecule has 2 aromatic rings. The van der Waals surface area contributed by atoms with Crippen molar-refractivity contribution < 1.29 is 9.52 Å². The lowest BCUT2D eigenvalue weighted by Gasteiger charge is -2.08. The van der Waals surface area contributed by atoms with Crippen LogP contribution in [0.4, 0.5) is 0 Å². The first-order valence-electron chi connectivity index (χ1n) is 4.11. The Hall–Kier alpha value is -1.10. The molecule has 1 aromatic heterocycles. The van der Waals surface area contributed by atoms with E-state index in [0.717, 1.165) is 5.56 Å². The van der Waals surface area contributed by atoms with Gasteiger partial charge in [-0.15, -0.1) is 0 Å². The summed E-state index contributed by atoms with van der Waals surface area (Å²) in [4.78, 5) is 3.97. The van der Waals surface area contributed by atoms with Gasteiger partial charge in [0.15, 0.2) is 12.0 Å². The minimum atomic E-state index is -0.436. The van der Waals surface area contributed by atoms with Crippen LogP contribution in [0.2, 0.25) is 5.02 Å². The number of oxazole rings is 1. The van der Waals surface area contributed by atoms with Gasteiger partial charge in [-0.25, -0.2) is 4.98 Å². The third kappa shape index (κ3) is 1.48. The normalized spacial score (nSPS) is 13.4. The third-order valence-electron chi connectivity index (χ3n) is 2.03. The molecule has 0 amide bonds. The van der Waals surface area contributed by atoms with Crippen LogP contribution in [0.1, 0.15) is 11.6 Å². The molecular weight excluding hydrogens is 204 g/mol. The number of aromatic nitrogens is 1. The molecule has 1 aromatic carbocycles. The number of halogens is 1. The van der Waals surface area contributed by atoms with Gasteiger partial charge in [-0.1, -0.05) is 11.6 Å². The van der Waals surface area contributed by atoms with E-state index in [1.165, 1.54) is 6.39 Å². The van der Waals surface area contributed by atoms with Crippen LogP contribution < -0.4 is 5.73 Å². The highest BCUT2D eigenvalue weighted by molar-refractivity contribution is 6.34. The molecule has 1 unspecified atom stereocenters. The molecule has 0 aliphatic carbocycles. The number of benzene rings is 1. The number of hydrogen-bond donors (Lipinski definition) is 2. The molecule has 0 saturated carbocycles. The van der Waals surface area contributed by atoms with Gasteiger partial charge >= 0.3 is 0 Å². The number of nitrogens with two attached hydrogens (primary N) is 1. The van der Waals surface area contributed by atoms with E-state index in [9.17, 15) is 0 Å². The van der Waals surface area contributed by atoms with Gasteiger partial charge in [0.05, 0.1) is 17.7 Å². The largest absolute Gasteiger partial charge is 0.442 e. The van der Waals surface area contributed by atoms with Gasteiger partial charge in [-0.05, 0) is 17.7 Å². The average Bonchev–Trinajstić information content (AvgIpc) is 2.64. The second kappa shape index (κ2) is 3.57. The molecule has 0 aliphatic heterocycles. The monoisotopic (exact) mass is 212 g/mol. The summed E-state index contributed by atoms with van der Waals surface area (Å²) in [6.07, 6.45) is 1.32. The zero-order valence-electron chi connectivity index (χ0n) is 7.27.